The molecule has 0 fully saturated rings. The highest BCUT2D eigenvalue weighted by Gasteiger charge is 2.14. The Morgan fingerprint density at radius 3 is 2.52 bits per heavy atom. The van der Waals surface area contributed by atoms with Crippen molar-refractivity contribution in [2.24, 2.45) is 0 Å². The van der Waals surface area contributed by atoms with Gasteiger partial charge < -0.3 is 9.47 Å². The van der Waals surface area contributed by atoms with Crippen LogP contribution < -0.4 is 20.3 Å². The van der Waals surface area contributed by atoms with Crippen LogP contribution in [0.2, 0.25) is 0 Å². The average Bonchev–Trinajstić information content (AvgIpc) is 2.64. The molecule has 0 aliphatic heterocycles. The Kier molecular flexibility index (Phi) is 6.81. The van der Waals surface area contributed by atoms with Gasteiger partial charge in [0.05, 0.1) is 16.2 Å². The van der Waals surface area contributed by atoms with E-state index in [2.05, 4.69) is 40.0 Å². The highest BCUT2D eigenvalue weighted by Crippen LogP contribution is 2.21. The van der Waals surface area contributed by atoms with Crippen molar-refractivity contribution in [3.63, 3.8) is 0 Å². The number of hydrogen-bond donors (Lipinski definition) is 2. The third-order valence-electron chi connectivity index (χ3n) is 3.19. The fraction of sp³-hybridized carbons (Fsp3) is 0.111. The van der Waals surface area contributed by atoms with Gasteiger partial charge in [-0.25, -0.2) is 0 Å². The van der Waals surface area contributed by atoms with Gasteiger partial charge in [-0.15, -0.1) is 0 Å². The lowest BCUT2D eigenvalue weighted by atomic mass is 10.2. The predicted molar refractivity (Wildman–Crippen MR) is 103 cm³/mol. The van der Waals surface area contributed by atoms with Crippen molar-refractivity contribution in [3.05, 3.63) is 69.8 Å². The minimum absolute atomic E-state index is 0.279. The van der Waals surface area contributed by atoms with E-state index in [0.717, 1.165) is 3.57 Å². The fourth-order valence-electron chi connectivity index (χ4n) is 1.99. The molecule has 6 nitrogen and oxygen atoms in total. The number of carbonyl (C=O) groups excluding carboxylic acids is 2. The molecule has 25 heavy (non-hydrogen) atoms. The van der Waals surface area contributed by atoms with E-state index in [9.17, 15) is 9.59 Å². The van der Waals surface area contributed by atoms with Crippen molar-refractivity contribution in [2.75, 3.05) is 13.7 Å². The molecule has 0 aliphatic rings. The lowest BCUT2D eigenvalue weighted by molar-refractivity contribution is 0.0844. The second kappa shape index (κ2) is 9.07. The van der Waals surface area contributed by atoms with Crippen molar-refractivity contribution in [1.82, 2.24) is 10.9 Å². The van der Waals surface area contributed by atoms with E-state index >= 15 is 0 Å². The van der Waals surface area contributed by atoms with Crippen LogP contribution in [0.15, 0.2) is 55.1 Å². The highest BCUT2D eigenvalue weighted by molar-refractivity contribution is 14.1. The van der Waals surface area contributed by atoms with Crippen molar-refractivity contribution in [3.8, 4) is 11.5 Å². The molecule has 0 aromatic heterocycles. The van der Waals surface area contributed by atoms with Gasteiger partial charge in [-0.3, -0.25) is 20.4 Å². The second-order valence-corrected chi connectivity index (χ2v) is 6.02. The van der Waals surface area contributed by atoms with E-state index in [1.165, 1.54) is 0 Å². The number of ether oxygens (including phenoxy) is 2. The summed E-state index contributed by atoms with van der Waals surface area (Å²) >= 11 is 2.07. The molecule has 130 valence electrons. The van der Waals surface area contributed by atoms with Crippen molar-refractivity contribution >= 4 is 34.4 Å². The first-order valence-corrected chi connectivity index (χ1v) is 8.41. The molecule has 0 saturated carbocycles. The molecule has 2 aromatic rings. The van der Waals surface area contributed by atoms with Crippen LogP contribution in [0, 0.1) is 3.57 Å². The third kappa shape index (κ3) is 4.96. The Hall–Kier alpha value is -2.55. The summed E-state index contributed by atoms with van der Waals surface area (Å²) in [5.74, 6) is 0.178. The normalized spacial score (nSPS) is 9.84. The minimum Gasteiger partial charge on any atom is -0.496 e. The van der Waals surface area contributed by atoms with Crippen LogP contribution >= 0.6 is 22.6 Å². The van der Waals surface area contributed by atoms with Gasteiger partial charge in [0, 0.05) is 5.56 Å². The van der Waals surface area contributed by atoms with Crippen LogP contribution in [0.3, 0.4) is 0 Å². The van der Waals surface area contributed by atoms with Crippen LogP contribution in [-0.2, 0) is 0 Å². The molecule has 0 aliphatic carbocycles. The Labute approximate surface area is 159 Å². The van der Waals surface area contributed by atoms with Gasteiger partial charge in [-0.2, -0.15) is 0 Å². The zero-order chi connectivity index (χ0) is 18.2. The Morgan fingerprint density at radius 2 is 1.84 bits per heavy atom. The maximum atomic E-state index is 12.3. The van der Waals surface area contributed by atoms with E-state index in [4.69, 9.17) is 9.47 Å². The number of hydrogen-bond acceptors (Lipinski definition) is 4. The highest BCUT2D eigenvalue weighted by atomic mass is 127. The monoisotopic (exact) mass is 452 g/mol. The molecule has 0 heterocycles. The maximum absolute atomic E-state index is 12.3. The molecule has 0 unspecified atom stereocenters. The topological polar surface area (TPSA) is 76.7 Å². The third-order valence-corrected chi connectivity index (χ3v) is 4.03. The van der Waals surface area contributed by atoms with Gasteiger partial charge in [-0.05, 0) is 52.9 Å². The summed E-state index contributed by atoms with van der Waals surface area (Å²) in [4.78, 5) is 24.5. The first-order chi connectivity index (χ1) is 12.1. The van der Waals surface area contributed by atoms with Crippen LogP contribution in [-0.4, -0.2) is 25.5 Å². The SMILES string of the molecule is C=CCOc1ccccc1C(=O)NNC(=O)c1ccc(OC)c(I)c1. The predicted octanol–water partition coefficient (Wildman–Crippen LogP) is 2.94. The van der Waals surface area contributed by atoms with E-state index in [1.54, 1.807) is 55.7 Å². The molecular weight excluding hydrogens is 435 g/mol. The smallest absolute Gasteiger partial charge is 0.273 e. The number of methoxy groups -OCH3 is 1. The molecule has 2 N–H and O–H groups in total. The van der Waals surface area contributed by atoms with E-state index < -0.39 is 11.8 Å². The number of benzene rings is 2. The summed E-state index contributed by atoms with van der Waals surface area (Å²) in [5.41, 5.74) is 5.49. The van der Waals surface area contributed by atoms with Crippen molar-refractivity contribution in [1.29, 1.82) is 0 Å². The summed E-state index contributed by atoms with van der Waals surface area (Å²) in [7, 11) is 1.56. The first-order valence-electron chi connectivity index (χ1n) is 7.33. The summed E-state index contributed by atoms with van der Waals surface area (Å²) in [6.07, 6.45) is 1.59. The van der Waals surface area contributed by atoms with Crippen LogP contribution in [0.25, 0.3) is 0 Å². The number of rotatable bonds is 6. The molecule has 2 aromatic carbocycles. The van der Waals surface area contributed by atoms with Gasteiger partial charge >= 0.3 is 0 Å². The van der Waals surface area contributed by atoms with Crippen LogP contribution in [0.5, 0.6) is 11.5 Å². The number of carbonyl (C=O) groups is 2. The summed E-state index contributed by atoms with van der Waals surface area (Å²) in [6, 6.07) is 11.7. The number of halogens is 1. The average molecular weight is 452 g/mol. The largest absolute Gasteiger partial charge is 0.496 e. The summed E-state index contributed by atoms with van der Waals surface area (Å²) < 4.78 is 11.4. The number of nitrogens with one attached hydrogen (secondary N) is 2. The summed E-state index contributed by atoms with van der Waals surface area (Å²) in [5, 5.41) is 0. The van der Waals surface area contributed by atoms with Crippen LogP contribution in [0.1, 0.15) is 20.7 Å². The zero-order valence-electron chi connectivity index (χ0n) is 13.5. The van der Waals surface area contributed by atoms with E-state index in [0.29, 0.717) is 22.6 Å². The molecule has 7 heteroatoms. The van der Waals surface area contributed by atoms with Crippen molar-refractivity contribution < 1.29 is 19.1 Å². The molecule has 0 saturated heterocycles. The van der Waals surface area contributed by atoms with Gasteiger partial charge in [0.15, 0.2) is 0 Å². The van der Waals surface area contributed by atoms with Crippen LogP contribution in [0.4, 0.5) is 0 Å². The fourth-order valence-corrected chi connectivity index (χ4v) is 2.72. The minimum atomic E-state index is -0.476. The Bertz CT molecular complexity index is 792. The standard InChI is InChI=1S/C18H17IN2O4/c1-3-10-25-15-7-5-4-6-13(15)18(23)21-20-17(22)12-8-9-16(24-2)14(19)11-12/h3-9,11H,1,10H2,2H3,(H,20,22)(H,21,23). The van der Waals surface area contributed by atoms with Gasteiger partial charge in [0.1, 0.15) is 18.1 Å². The van der Waals surface area contributed by atoms with Crippen molar-refractivity contribution in [2.45, 2.75) is 0 Å². The molecule has 2 amide bonds. The van der Waals surface area contributed by atoms with Gasteiger partial charge in [0.2, 0.25) is 0 Å². The van der Waals surface area contributed by atoms with E-state index in [-0.39, 0.29) is 6.61 Å². The first kappa shape index (κ1) is 18.8. The number of para-hydroxylation sites is 1. The Morgan fingerprint density at radius 1 is 1.12 bits per heavy atom. The van der Waals surface area contributed by atoms with Gasteiger partial charge in [-0.1, -0.05) is 24.8 Å². The van der Waals surface area contributed by atoms with Gasteiger partial charge in [0.25, 0.3) is 11.8 Å². The quantitative estimate of drug-likeness (QED) is 0.402. The van der Waals surface area contributed by atoms with E-state index in [1.807, 2.05) is 0 Å². The maximum Gasteiger partial charge on any atom is 0.273 e. The molecule has 0 spiro atoms. The Balaban J connectivity index is 2.03. The molecule has 0 radical (unpaired) electrons. The number of hydrazine groups is 1. The molecule has 0 atom stereocenters. The lowest BCUT2D eigenvalue weighted by Crippen LogP contribution is -2.41. The lowest BCUT2D eigenvalue weighted by Gasteiger charge is -2.12. The number of amides is 2. The molecule has 0 bridgehead atoms. The molecular formula is C18H17IN2O4. The zero-order valence-corrected chi connectivity index (χ0v) is 15.7. The molecule has 2 rings (SSSR count). The summed E-state index contributed by atoms with van der Waals surface area (Å²) in [6.45, 7) is 3.85. The second-order valence-electron chi connectivity index (χ2n) is 4.85.